The van der Waals surface area contributed by atoms with Crippen molar-refractivity contribution >= 4 is 22.6 Å². The van der Waals surface area contributed by atoms with Gasteiger partial charge in [0, 0.05) is 6.07 Å². The van der Waals surface area contributed by atoms with E-state index in [4.69, 9.17) is 14.2 Å². The predicted molar refractivity (Wildman–Crippen MR) is 107 cm³/mol. The first-order valence-electron chi connectivity index (χ1n) is 9.04. The molecule has 0 radical (unpaired) electrons. The molecule has 0 aliphatic rings. The van der Waals surface area contributed by atoms with Gasteiger partial charge in [0.25, 0.3) is 11.2 Å². The second kappa shape index (κ2) is 8.60. The molecule has 10 heteroatoms. The van der Waals surface area contributed by atoms with Crippen LogP contribution in [0.4, 0.5) is 5.69 Å². The Hall–Kier alpha value is -3.95. The molecule has 3 rings (SSSR count). The third-order valence-electron chi connectivity index (χ3n) is 4.30. The monoisotopic (exact) mass is 413 g/mol. The summed E-state index contributed by atoms with van der Waals surface area (Å²) in [7, 11) is 1.34. The van der Waals surface area contributed by atoms with E-state index in [9.17, 15) is 19.7 Å². The van der Waals surface area contributed by atoms with E-state index in [0.29, 0.717) is 10.9 Å². The number of benzene rings is 2. The molecule has 156 valence electrons. The summed E-state index contributed by atoms with van der Waals surface area (Å²) >= 11 is 0. The maximum Gasteiger partial charge on any atom is 0.346 e. The van der Waals surface area contributed by atoms with Crippen molar-refractivity contribution in [1.82, 2.24) is 9.97 Å². The van der Waals surface area contributed by atoms with Crippen molar-refractivity contribution in [2.75, 3.05) is 13.7 Å². The summed E-state index contributed by atoms with van der Waals surface area (Å²) in [6.45, 7) is 3.49. The summed E-state index contributed by atoms with van der Waals surface area (Å²) in [5, 5.41) is 11.8. The highest BCUT2D eigenvalue weighted by atomic mass is 16.6. The highest BCUT2D eigenvalue weighted by molar-refractivity contribution is 5.95. The van der Waals surface area contributed by atoms with Gasteiger partial charge in [-0.3, -0.25) is 14.9 Å². The molecule has 0 aliphatic heterocycles. The molecule has 0 spiro atoms. The Balaban J connectivity index is 1.96. The SMILES string of the molecule is CCOc1cc(C(=O)O[C@H](C)c2nc3ccccc3c(=O)[nH]2)c([N+](=O)[O-])cc1OC. The number of para-hydroxylation sites is 1. The number of nitro benzene ring substituents is 1. The van der Waals surface area contributed by atoms with E-state index in [1.807, 2.05) is 0 Å². The van der Waals surface area contributed by atoms with Gasteiger partial charge in [-0.15, -0.1) is 0 Å². The van der Waals surface area contributed by atoms with Gasteiger partial charge in [-0.05, 0) is 26.0 Å². The van der Waals surface area contributed by atoms with Gasteiger partial charge < -0.3 is 19.2 Å². The first-order chi connectivity index (χ1) is 14.3. The van der Waals surface area contributed by atoms with Crippen LogP contribution in [0.1, 0.15) is 36.1 Å². The van der Waals surface area contributed by atoms with Crippen molar-refractivity contribution in [3.63, 3.8) is 0 Å². The standard InChI is InChI=1S/C20H19N3O7/c1-4-29-17-9-13(15(23(26)27)10-16(17)28-3)20(25)30-11(2)18-21-14-8-6-5-7-12(14)19(24)22-18/h5-11H,4H2,1-3H3,(H,21,22,24)/t11-/m1/s1. The number of hydrogen-bond acceptors (Lipinski definition) is 8. The quantitative estimate of drug-likeness (QED) is 0.355. The zero-order valence-corrected chi connectivity index (χ0v) is 16.5. The number of methoxy groups -OCH3 is 1. The van der Waals surface area contributed by atoms with E-state index in [1.165, 1.54) is 20.1 Å². The van der Waals surface area contributed by atoms with Crippen molar-refractivity contribution in [1.29, 1.82) is 0 Å². The second-order valence-electron chi connectivity index (χ2n) is 6.23. The van der Waals surface area contributed by atoms with E-state index in [2.05, 4.69) is 9.97 Å². The van der Waals surface area contributed by atoms with Crippen LogP contribution in [0.3, 0.4) is 0 Å². The Morgan fingerprint density at radius 1 is 1.27 bits per heavy atom. The number of rotatable bonds is 7. The predicted octanol–water partition coefficient (Wildman–Crippen LogP) is 3.16. The van der Waals surface area contributed by atoms with Gasteiger partial charge in [0.1, 0.15) is 5.56 Å². The molecule has 0 fully saturated rings. The summed E-state index contributed by atoms with van der Waals surface area (Å²) in [4.78, 5) is 42.6. The fourth-order valence-electron chi connectivity index (χ4n) is 2.87. The third kappa shape index (κ3) is 4.07. The Morgan fingerprint density at radius 2 is 2.00 bits per heavy atom. The zero-order chi connectivity index (χ0) is 21.8. The lowest BCUT2D eigenvalue weighted by Gasteiger charge is -2.15. The van der Waals surface area contributed by atoms with Crippen molar-refractivity contribution in [3.8, 4) is 11.5 Å². The number of carbonyl (C=O) groups excluding carboxylic acids is 1. The highest BCUT2D eigenvalue weighted by Gasteiger charge is 2.27. The van der Waals surface area contributed by atoms with Crippen LogP contribution in [0, 0.1) is 10.1 Å². The number of nitrogens with zero attached hydrogens (tertiary/aromatic N) is 2. The largest absolute Gasteiger partial charge is 0.493 e. The summed E-state index contributed by atoms with van der Waals surface area (Å²) in [5.74, 6) is -0.557. The Morgan fingerprint density at radius 3 is 2.67 bits per heavy atom. The Labute approximate surface area is 170 Å². The number of aromatic amines is 1. The normalized spacial score (nSPS) is 11.7. The average molecular weight is 413 g/mol. The first kappa shape index (κ1) is 20.8. The molecule has 10 nitrogen and oxygen atoms in total. The molecular weight excluding hydrogens is 394 g/mol. The minimum Gasteiger partial charge on any atom is -0.493 e. The fraction of sp³-hybridized carbons (Fsp3) is 0.250. The molecular formula is C20H19N3O7. The van der Waals surface area contributed by atoms with Gasteiger partial charge in [-0.25, -0.2) is 9.78 Å². The molecule has 30 heavy (non-hydrogen) atoms. The first-order valence-corrected chi connectivity index (χ1v) is 9.04. The zero-order valence-electron chi connectivity index (χ0n) is 16.5. The van der Waals surface area contributed by atoms with Gasteiger partial charge in [-0.2, -0.15) is 0 Å². The number of esters is 1. The molecule has 1 N–H and O–H groups in total. The van der Waals surface area contributed by atoms with Crippen LogP contribution in [-0.4, -0.2) is 34.6 Å². The van der Waals surface area contributed by atoms with Crippen LogP contribution >= 0.6 is 0 Å². The summed E-state index contributed by atoms with van der Waals surface area (Å²) in [5.41, 5.74) is -0.743. The summed E-state index contributed by atoms with van der Waals surface area (Å²) in [6.07, 6.45) is -0.966. The number of H-pyrrole nitrogens is 1. The molecule has 0 bridgehead atoms. The molecule has 1 aromatic heterocycles. The number of nitrogens with one attached hydrogen (secondary N) is 1. The van der Waals surface area contributed by atoms with Crippen molar-refractivity contribution < 1.29 is 23.9 Å². The highest BCUT2D eigenvalue weighted by Crippen LogP contribution is 2.35. The minimum absolute atomic E-state index is 0.119. The van der Waals surface area contributed by atoms with Gasteiger partial charge in [-0.1, -0.05) is 12.1 Å². The molecule has 1 heterocycles. The number of ether oxygens (including phenoxy) is 3. The topological polar surface area (TPSA) is 134 Å². The van der Waals surface area contributed by atoms with Crippen LogP contribution in [-0.2, 0) is 4.74 Å². The van der Waals surface area contributed by atoms with Crippen LogP contribution in [0.15, 0.2) is 41.2 Å². The van der Waals surface area contributed by atoms with E-state index < -0.39 is 22.7 Å². The van der Waals surface area contributed by atoms with Crippen molar-refractivity contribution in [2.24, 2.45) is 0 Å². The van der Waals surface area contributed by atoms with Crippen LogP contribution in [0.25, 0.3) is 10.9 Å². The second-order valence-corrected chi connectivity index (χ2v) is 6.23. The number of aromatic nitrogens is 2. The third-order valence-corrected chi connectivity index (χ3v) is 4.30. The number of hydrogen-bond donors (Lipinski definition) is 1. The molecule has 0 aliphatic carbocycles. The lowest BCUT2D eigenvalue weighted by molar-refractivity contribution is -0.385. The number of fused-ring (bicyclic) bond motifs is 1. The van der Waals surface area contributed by atoms with Crippen LogP contribution < -0.4 is 15.0 Å². The summed E-state index contributed by atoms with van der Waals surface area (Å²) in [6, 6.07) is 9.02. The lowest BCUT2D eigenvalue weighted by Crippen LogP contribution is -2.18. The summed E-state index contributed by atoms with van der Waals surface area (Å²) < 4.78 is 15.8. The van der Waals surface area contributed by atoms with E-state index >= 15 is 0 Å². The van der Waals surface area contributed by atoms with E-state index in [-0.39, 0.29) is 35.1 Å². The molecule has 2 aromatic carbocycles. The minimum atomic E-state index is -0.966. The maximum absolute atomic E-state index is 12.7. The average Bonchev–Trinajstić information content (AvgIpc) is 2.73. The molecule has 0 amide bonds. The van der Waals surface area contributed by atoms with Crippen molar-refractivity contribution in [3.05, 3.63) is 68.3 Å². The van der Waals surface area contributed by atoms with Gasteiger partial charge in [0.05, 0.1) is 35.6 Å². The molecule has 0 saturated heterocycles. The molecule has 0 unspecified atom stereocenters. The fourth-order valence-corrected chi connectivity index (χ4v) is 2.87. The Kier molecular flexibility index (Phi) is 5.95. The van der Waals surface area contributed by atoms with Gasteiger partial charge in [0.2, 0.25) is 0 Å². The Bertz CT molecular complexity index is 1170. The van der Waals surface area contributed by atoms with E-state index in [0.717, 1.165) is 6.07 Å². The van der Waals surface area contributed by atoms with Crippen LogP contribution in [0.5, 0.6) is 11.5 Å². The molecule has 0 saturated carbocycles. The van der Waals surface area contributed by atoms with Gasteiger partial charge in [0.15, 0.2) is 23.4 Å². The van der Waals surface area contributed by atoms with Crippen LogP contribution in [0.2, 0.25) is 0 Å². The lowest BCUT2D eigenvalue weighted by atomic mass is 10.1. The number of carbonyl (C=O) groups is 1. The maximum atomic E-state index is 12.7. The number of nitro groups is 1. The molecule has 3 aromatic rings. The molecule has 1 atom stereocenters. The van der Waals surface area contributed by atoms with E-state index in [1.54, 1.807) is 31.2 Å². The van der Waals surface area contributed by atoms with Crippen molar-refractivity contribution in [2.45, 2.75) is 20.0 Å². The smallest absolute Gasteiger partial charge is 0.346 e. The van der Waals surface area contributed by atoms with Gasteiger partial charge >= 0.3 is 5.97 Å².